The van der Waals surface area contributed by atoms with Gasteiger partial charge in [-0.05, 0) is 24.3 Å². The summed E-state index contributed by atoms with van der Waals surface area (Å²) < 4.78 is 6.92. The van der Waals surface area contributed by atoms with Gasteiger partial charge >= 0.3 is 0 Å². The number of nitrogens with one attached hydrogen (secondary N) is 1. The Morgan fingerprint density at radius 2 is 2.13 bits per heavy atom. The molecular formula is C17H16ClN3O2. The zero-order chi connectivity index (χ0) is 16.2. The van der Waals surface area contributed by atoms with Crippen molar-refractivity contribution in [3.05, 3.63) is 53.7 Å². The van der Waals surface area contributed by atoms with E-state index in [-0.39, 0.29) is 5.91 Å². The Hall–Kier alpha value is -2.53. The highest BCUT2D eigenvalue weighted by atomic mass is 35.5. The monoisotopic (exact) mass is 329 g/mol. The van der Waals surface area contributed by atoms with E-state index in [4.69, 9.17) is 16.3 Å². The molecule has 1 heterocycles. The third-order valence-corrected chi connectivity index (χ3v) is 3.87. The summed E-state index contributed by atoms with van der Waals surface area (Å²) in [5, 5.41) is 8.70. The number of nitrogens with zero attached hydrogens (tertiary/aromatic N) is 2. The molecule has 0 aliphatic carbocycles. The Kier molecular flexibility index (Phi) is 4.48. The fourth-order valence-corrected chi connectivity index (χ4v) is 2.60. The molecule has 0 bridgehead atoms. The standard InChI is InChI=1S/C17H16ClN3O2/c1-23-13-5-2-4-12(10-13)20-17(22)8-9-21-16-7-3-6-15(18)14(16)11-19-21/h2-7,10-11H,8-9H2,1H3,(H,20,22). The SMILES string of the molecule is COc1cccc(NC(=O)CCn2ncc3c(Cl)cccc32)c1. The normalized spacial score (nSPS) is 10.7. The van der Waals surface area contributed by atoms with Crippen LogP contribution >= 0.6 is 11.6 Å². The molecule has 0 spiro atoms. The van der Waals surface area contributed by atoms with Crippen LogP contribution in [0.15, 0.2) is 48.7 Å². The molecule has 1 amide bonds. The van der Waals surface area contributed by atoms with Gasteiger partial charge in [-0.2, -0.15) is 5.10 Å². The summed E-state index contributed by atoms with van der Waals surface area (Å²) in [6.07, 6.45) is 2.04. The molecule has 6 heteroatoms. The lowest BCUT2D eigenvalue weighted by molar-refractivity contribution is -0.116. The van der Waals surface area contributed by atoms with Gasteiger partial charge in [-0.3, -0.25) is 9.48 Å². The van der Waals surface area contributed by atoms with Crippen LogP contribution in [0.2, 0.25) is 5.02 Å². The van der Waals surface area contributed by atoms with Crippen LogP contribution in [0.5, 0.6) is 5.75 Å². The second kappa shape index (κ2) is 6.71. The van der Waals surface area contributed by atoms with E-state index in [1.54, 1.807) is 24.1 Å². The average Bonchev–Trinajstić information content (AvgIpc) is 2.98. The highest BCUT2D eigenvalue weighted by molar-refractivity contribution is 6.35. The molecule has 0 atom stereocenters. The number of amides is 1. The molecule has 1 N–H and O–H groups in total. The second-order valence-corrected chi connectivity index (χ2v) is 5.48. The largest absolute Gasteiger partial charge is 0.497 e. The molecule has 3 aromatic rings. The summed E-state index contributed by atoms with van der Waals surface area (Å²) in [6, 6.07) is 12.9. The number of hydrogen-bond acceptors (Lipinski definition) is 3. The number of anilines is 1. The van der Waals surface area contributed by atoms with Gasteiger partial charge in [0.2, 0.25) is 5.91 Å². The van der Waals surface area contributed by atoms with Crippen LogP contribution in [0.1, 0.15) is 6.42 Å². The van der Waals surface area contributed by atoms with E-state index in [9.17, 15) is 4.79 Å². The number of carbonyl (C=O) groups excluding carboxylic acids is 1. The molecule has 0 radical (unpaired) electrons. The van der Waals surface area contributed by atoms with E-state index in [0.29, 0.717) is 29.4 Å². The zero-order valence-electron chi connectivity index (χ0n) is 12.6. The first-order valence-electron chi connectivity index (χ1n) is 7.21. The first-order valence-corrected chi connectivity index (χ1v) is 7.59. The van der Waals surface area contributed by atoms with Gasteiger partial charge in [0.05, 0.1) is 30.4 Å². The Bertz CT molecular complexity index is 845. The molecular weight excluding hydrogens is 314 g/mol. The zero-order valence-corrected chi connectivity index (χ0v) is 13.4. The molecule has 3 rings (SSSR count). The van der Waals surface area contributed by atoms with Crippen molar-refractivity contribution in [3.8, 4) is 5.75 Å². The number of methoxy groups -OCH3 is 1. The van der Waals surface area contributed by atoms with Crippen LogP contribution in [0.3, 0.4) is 0 Å². The van der Waals surface area contributed by atoms with Gasteiger partial charge in [-0.25, -0.2) is 0 Å². The van der Waals surface area contributed by atoms with Crippen LogP contribution < -0.4 is 10.1 Å². The van der Waals surface area contributed by atoms with Crippen molar-refractivity contribution in [3.63, 3.8) is 0 Å². The van der Waals surface area contributed by atoms with Gasteiger partial charge in [0, 0.05) is 23.6 Å². The number of carbonyl (C=O) groups is 1. The lowest BCUT2D eigenvalue weighted by Gasteiger charge is -2.07. The molecule has 2 aromatic carbocycles. The number of aromatic nitrogens is 2. The van der Waals surface area contributed by atoms with Crippen LogP contribution in [-0.4, -0.2) is 22.8 Å². The summed E-state index contributed by atoms with van der Waals surface area (Å²) in [5.74, 6) is 0.624. The van der Waals surface area contributed by atoms with Gasteiger partial charge in [0.15, 0.2) is 0 Å². The smallest absolute Gasteiger partial charge is 0.226 e. The molecule has 0 unspecified atom stereocenters. The Labute approximate surface area is 138 Å². The fourth-order valence-electron chi connectivity index (χ4n) is 2.38. The predicted octanol–water partition coefficient (Wildman–Crippen LogP) is 3.73. The van der Waals surface area contributed by atoms with E-state index in [1.165, 1.54) is 0 Å². The molecule has 0 saturated carbocycles. The number of ether oxygens (including phenoxy) is 1. The van der Waals surface area contributed by atoms with E-state index >= 15 is 0 Å². The lowest BCUT2D eigenvalue weighted by Crippen LogP contribution is -2.15. The summed E-state index contributed by atoms with van der Waals surface area (Å²) in [4.78, 5) is 12.1. The Balaban J connectivity index is 1.65. The van der Waals surface area contributed by atoms with E-state index in [0.717, 1.165) is 10.9 Å². The number of aryl methyl sites for hydroxylation is 1. The van der Waals surface area contributed by atoms with Gasteiger partial charge < -0.3 is 10.1 Å². The minimum absolute atomic E-state index is 0.0797. The van der Waals surface area contributed by atoms with Crippen molar-refractivity contribution >= 4 is 34.1 Å². The molecule has 0 aliphatic heterocycles. The molecule has 118 valence electrons. The van der Waals surface area contributed by atoms with Crippen LogP contribution in [0, 0.1) is 0 Å². The van der Waals surface area contributed by atoms with Crippen LogP contribution in [-0.2, 0) is 11.3 Å². The molecule has 1 aromatic heterocycles. The van der Waals surface area contributed by atoms with Crippen molar-refractivity contribution in [2.75, 3.05) is 12.4 Å². The Morgan fingerprint density at radius 3 is 2.96 bits per heavy atom. The summed E-state index contributed by atoms with van der Waals surface area (Å²) in [7, 11) is 1.59. The maximum atomic E-state index is 12.1. The van der Waals surface area contributed by atoms with Crippen LogP contribution in [0.4, 0.5) is 5.69 Å². The van der Waals surface area contributed by atoms with Gasteiger partial charge in [0.25, 0.3) is 0 Å². The van der Waals surface area contributed by atoms with E-state index < -0.39 is 0 Å². The second-order valence-electron chi connectivity index (χ2n) is 5.07. The summed E-state index contributed by atoms with van der Waals surface area (Å²) in [6.45, 7) is 0.486. The average molecular weight is 330 g/mol. The predicted molar refractivity (Wildman–Crippen MR) is 91.0 cm³/mol. The van der Waals surface area contributed by atoms with Gasteiger partial charge in [-0.15, -0.1) is 0 Å². The first-order chi connectivity index (χ1) is 11.2. The quantitative estimate of drug-likeness (QED) is 0.776. The number of benzene rings is 2. The minimum atomic E-state index is -0.0797. The van der Waals surface area contributed by atoms with Crippen molar-refractivity contribution in [1.29, 1.82) is 0 Å². The molecule has 0 fully saturated rings. The van der Waals surface area contributed by atoms with Gasteiger partial charge in [-0.1, -0.05) is 23.7 Å². The highest BCUT2D eigenvalue weighted by Gasteiger charge is 2.08. The molecule has 5 nitrogen and oxygen atoms in total. The summed E-state index contributed by atoms with van der Waals surface area (Å²) >= 11 is 6.12. The lowest BCUT2D eigenvalue weighted by atomic mass is 10.2. The van der Waals surface area contributed by atoms with E-state index in [1.807, 2.05) is 36.4 Å². The molecule has 0 saturated heterocycles. The third-order valence-electron chi connectivity index (χ3n) is 3.54. The molecule has 0 aliphatic rings. The third kappa shape index (κ3) is 3.46. The maximum absolute atomic E-state index is 12.1. The highest BCUT2D eigenvalue weighted by Crippen LogP contribution is 2.23. The fraction of sp³-hybridized carbons (Fsp3) is 0.176. The maximum Gasteiger partial charge on any atom is 0.226 e. The molecule has 23 heavy (non-hydrogen) atoms. The number of halogens is 1. The topological polar surface area (TPSA) is 56.1 Å². The number of hydrogen-bond donors (Lipinski definition) is 1. The van der Waals surface area contributed by atoms with Crippen molar-refractivity contribution < 1.29 is 9.53 Å². The minimum Gasteiger partial charge on any atom is -0.497 e. The Morgan fingerprint density at radius 1 is 1.30 bits per heavy atom. The van der Waals surface area contributed by atoms with Crippen LogP contribution in [0.25, 0.3) is 10.9 Å². The first kappa shape index (κ1) is 15.4. The number of fused-ring (bicyclic) bond motifs is 1. The summed E-state index contributed by atoms with van der Waals surface area (Å²) in [5.41, 5.74) is 1.63. The van der Waals surface area contributed by atoms with Gasteiger partial charge in [0.1, 0.15) is 5.75 Å². The number of rotatable bonds is 5. The van der Waals surface area contributed by atoms with Crippen molar-refractivity contribution in [1.82, 2.24) is 9.78 Å². The van der Waals surface area contributed by atoms with Crippen molar-refractivity contribution in [2.45, 2.75) is 13.0 Å². The van der Waals surface area contributed by atoms with Crippen molar-refractivity contribution in [2.24, 2.45) is 0 Å². The van der Waals surface area contributed by atoms with E-state index in [2.05, 4.69) is 10.4 Å².